The van der Waals surface area contributed by atoms with Crippen molar-refractivity contribution in [2.75, 3.05) is 19.5 Å². The third kappa shape index (κ3) is 3.95. The van der Waals surface area contributed by atoms with Crippen molar-refractivity contribution in [2.45, 2.75) is 0 Å². The Morgan fingerprint density at radius 2 is 2.00 bits per heavy atom. The molecule has 0 fully saturated rings. The number of nitrogens with one attached hydrogen (secondary N) is 2. The minimum atomic E-state index is -0.431. The van der Waals surface area contributed by atoms with E-state index in [-0.39, 0.29) is 10.8 Å². The van der Waals surface area contributed by atoms with E-state index < -0.39 is 11.7 Å². The van der Waals surface area contributed by atoms with Crippen molar-refractivity contribution in [3.05, 3.63) is 59.3 Å². The Morgan fingerprint density at radius 3 is 2.67 bits per heavy atom. The zero-order valence-corrected chi connectivity index (χ0v) is 15.2. The van der Waals surface area contributed by atoms with Crippen molar-refractivity contribution >= 4 is 28.9 Å². The number of methoxy groups -OCH3 is 1. The fourth-order valence-corrected chi connectivity index (χ4v) is 2.63. The number of anilines is 2. The van der Waals surface area contributed by atoms with Crippen molar-refractivity contribution < 1.29 is 13.9 Å². The first-order valence-corrected chi connectivity index (χ1v) is 8.22. The number of para-hydroxylation sites is 1. The van der Waals surface area contributed by atoms with Crippen LogP contribution in [0, 0.1) is 5.82 Å². The highest BCUT2D eigenvalue weighted by Gasteiger charge is 2.17. The predicted molar refractivity (Wildman–Crippen MR) is 99.9 cm³/mol. The first kappa shape index (κ1) is 18.5. The molecule has 0 saturated heterocycles. The number of halogens is 2. The third-order valence-corrected chi connectivity index (χ3v) is 3.88. The number of carbonyl (C=O) groups excluding carboxylic acids is 1. The maximum Gasteiger partial charge on any atom is 0.273 e. The molecule has 0 aliphatic carbocycles. The summed E-state index contributed by atoms with van der Waals surface area (Å²) in [6.07, 6.45) is 1.13. The lowest BCUT2D eigenvalue weighted by Gasteiger charge is -2.16. The summed E-state index contributed by atoms with van der Waals surface area (Å²) in [5.74, 6) is -0.385. The molecule has 0 radical (unpaired) electrons. The van der Waals surface area contributed by atoms with E-state index in [1.807, 2.05) is 0 Å². The molecule has 138 valence electrons. The molecule has 0 saturated carbocycles. The third-order valence-electron chi connectivity index (χ3n) is 3.70. The normalized spacial score (nSPS) is 10.4. The molecule has 1 amide bonds. The second-order valence-electron chi connectivity index (χ2n) is 5.38. The fraction of sp³-hybridized carbons (Fsp3) is 0.111. The monoisotopic (exact) mass is 387 g/mol. The van der Waals surface area contributed by atoms with Gasteiger partial charge in [-0.1, -0.05) is 17.7 Å². The van der Waals surface area contributed by atoms with E-state index in [1.165, 1.54) is 26.3 Å². The van der Waals surface area contributed by atoms with Crippen LogP contribution >= 0.6 is 11.6 Å². The Bertz CT molecular complexity index is 982. The summed E-state index contributed by atoms with van der Waals surface area (Å²) in [4.78, 5) is 16.1. The SMILES string of the molecule is CNC(=O)c1nnc(Cl)cc1Nc1cccc(-c2ccc(F)cn2)c1OC. The lowest BCUT2D eigenvalue weighted by Crippen LogP contribution is -2.21. The van der Waals surface area contributed by atoms with Gasteiger partial charge in [0.25, 0.3) is 5.91 Å². The predicted octanol–water partition coefficient (Wildman–Crippen LogP) is 3.44. The molecule has 2 aromatic heterocycles. The van der Waals surface area contributed by atoms with E-state index in [0.717, 1.165) is 6.20 Å². The molecule has 27 heavy (non-hydrogen) atoms. The highest BCUT2D eigenvalue weighted by Crippen LogP contribution is 2.37. The van der Waals surface area contributed by atoms with Crippen LogP contribution in [-0.4, -0.2) is 35.2 Å². The Morgan fingerprint density at radius 1 is 1.19 bits per heavy atom. The van der Waals surface area contributed by atoms with Crippen LogP contribution in [0.5, 0.6) is 5.75 Å². The number of benzene rings is 1. The molecule has 3 rings (SSSR count). The summed E-state index contributed by atoms with van der Waals surface area (Å²) in [6, 6.07) is 9.69. The molecule has 7 nitrogen and oxygen atoms in total. The van der Waals surface area contributed by atoms with Crippen LogP contribution in [0.15, 0.2) is 42.6 Å². The molecule has 1 aromatic carbocycles. The lowest BCUT2D eigenvalue weighted by atomic mass is 10.1. The van der Waals surface area contributed by atoms with E-state index >= 15 is 0 Å². The highest BCUT2D eigenvalue weighted by molar-refractivity contribution is 6.29. The Balaban J connectivity index is 2.06. The minimum absolute atomic E-state index is 0.0780. The van der Waals surface area contributed by atoms with Gasteiger partial charge in [0.1, 0.15) is 5.82 Å². The largest absolute Gasteiger partial charge is 0.494 e. The van der Waals surface area contributed by atoms with Gasteiger partial charge in [0.05, 0.1) is 30.4 Å². The maximum absolute atomic E-state index is 13.2. The number of pyridine rings is 1. The van der Waals surface area contributed by atoms with Crippen LogP contribution in [-0.2, 0) is 0 Å². The molecule has 3 aromatic rings. The van der Waals surface area contributed by atoms with Gasteiger partial charge < -0.3 is 15.4 Å². The summed E-state index contributed by atoms with van der Waals surface area (Å²) >= 11 is 5.92. The van der Waals surface area contributed by atoms with Crippen LogP contribution in [0.2, 0.25) is 5.15 Å². The molecule has 0 spiro atoms. The average molecular weight is 388 g/mol. The second kappa shape index (κ2) is 7.96. The molecule has 0 unspecified atom stereocenters. The molecular weight excluding hydrogens is 373 g/mol. The van der Waals surface area contributed by atoms with Crippen molar-refractivity contribution in [3.63, 3.8) is 0 Å². The van der Waals surface area contributed by atoms with Gasteiger partial charge in [-0.2, -0.15) is 0 Å². The number of rotatable bonds is 5. The Hall–Kier alpha value is -3.26. The molecule has 9 heteroatoms. The summed E-state index contributed by atoms with van der Waals surface area (Å²) < 4.78 is 18.7. The minimum Gasteiger partial charge on any atom is -0.494 e. The van der Waals surface area contributed by atoms with Crippen LogP contribution < -0.4 is 15.4 Å². The van der Waals surface area contributed by atoms with E-state index in [0.29, 0.717) is 28.4 Å². The van der Waals surface area contributed by atoms with Crippen LogP contribution in [0.25, 0.3) is 11.3 Å². The van der Waals surface area contributed by atoms with Gasteiger partial charge in [-0.15, -0.1) is 10.2 Å². The second-order valence-corrected chi connectivity index (χ2v) is 5.77. The van der Waals surface area contributed by atoms with Gasteiger partial charge in [-0.3, -0.25) is 9.78 Å². The summed E-state index contributed by atoms with van der Waals surface area (Å²) in [5.41, 5.74) is 2.17. The molecule has 0 aliphatic rings. The molecule has 0 aliphatic heterocycles. The van der Waals surface area contributed by atoms with Gasteiger partial charge >= 0.3 is 0 Å². The summed E-state index contributed by atoms with van der Waals surface area (Å²) in [5, 5.41) is 13.3. The number of carbonyl (C=O) groups is 1. The van der Waals surface area contributed by atoms with E-state index in [4.69, 9.17) is 16.3 Å². The van der Waals surface area contributed by atoms with Crippen LogP contribution in [0.1, 0.15) is 10.5 Å². The van der Waals surface area contributed by atoms with E-state index in [2.05, 4.69) is 25.8 Å². The number of amides is 1. The maximum atomic E-state index is 13.2. The van der Waals surface area contributed by atoms with Gasteiger partial charge in [0.2, 0.25) is 0 Å². The quantitative estimate of drug-likeness (QED) is 0.697. The number of hydrogen-bond acceptors (Lipinski definition) is 6. The number of nitrogens with zero attached hydrogens (tertiary/aromatic N) is 3. The van der Waals surface area contributed by atoms with Crippen molar-refractivity contribution in [2.24, 2.45) is 0 Å². The average Bonchev–Trinajstić information content (AvgIpc) is 2.68. The Labute approximate surface area is 159 Å². The smallest absolute Gasteiger partial charge is 0.273 e. The van der Waals surface area contributed by atoms with Gasteiger partial charge in [-0.05, 0) is 24.3 Å². The zero-order valence-electron chi connectivity index (χ0n) is 14.5. The highest BCUT2D eigenvalue weighted by atomic mass is 35.5. The topological polar surface area (TPSA) is 89.0 Å². The summed E-state index contributed by atoms with van der Waals surface area (Å²) in [7, 11) is 2.99. The zero-order chi connectivity index (χ0) is 19.4. The first-order chi connectivity index (χ1) is 13.0. The van der Waals surface area contributed by atoms with Crippen molar-refractivity contribution in [1.29, 1.82) is 0 Å². The van der Waals surface area contributed by atoms with E-state index in [1.54, 1.807) is 24.3 Å². The van der Waals surface area contributed by atoms with E-state index in [9.17, 15) is 9.18 Å². The van der Waals surface area contributed by atoms with Gasteiger partial charge in [0, 0.05) is 18.7 Å². The molecule has 2 N–H and O–H groups in total. The number of ether oxygens (including phenoxy) is 1. The molecule has 2 heterocycles. The standard InChI is InChI=1S/C18H15ClFN5O2/c1-21-18(26)16-14(8-15(19)24-25-16)23-13-5-3-4-11(17(13)27-2)12-7-6-10(20)9-22-12/h3-9H,1-2H3,(H,21,26)(H,23,24). The molecule has 0 atom stereocenters. The Kier molecular flexibility index (Phi) is 5.46. The van der Waals surface area contributed by atoms with Gasteiger partial charge in [0.15, 0.2) is 16.6 Å². The lowest BCUT2D eigenvalue weighted by molar-refractivity contribution is 0.0958. The van der Waals surface area contributed by atoms with Crippen LogP contribution in [0.3, 0.4) is 0 Å². The summed E-state index contributed by atoms with van der Waals surface area (Å²) in [6.45, 7) is 0. The first-order valence-electron chi connectivity index (χ1n) is 7.84. The van der Waals surface area contributed by atoms with Gasteiger partial charge in [-0.25, -0.2) is 4.39 Å². The number of aromatic nitrogens is 3. The van der Waals surface area contributed by atoms with Crippen LogP contribution in [0.4, 0.5) is 15.8 Å². The fourth-order valence-electron chi connectivity index (χ4n) is 2.49. The number of hydrogen-bond donors (Lipinski definition) is 2. The van der Waals surface area contributed by atoms with Crippen molar-refractivity contribution in [1.82, 2.24) is 20.5 Å². The van der Waals surface area contributed by atoms with Crippen molar-refractivity contribution in [3.8, 4) is 17.0 Å². The molecule has 0 bridgehead atoms. The molecular formula is C18H15ClFN5O2.